The van der Waals surface area contributed by atoms with E-state index in [2.05, 4.69) is 26.9 Å². The number of aryl methyl sites for hydroxylation is 1. The van der Waals surface area contributed by atoms with Crippen molar-refractivity contribution in [1.82, 2.24) is 28.9 Å². The highest BCUT2D eigenvalue weighted by Crippen LogP contribution is 2.22. The van der Waals surface area contributed by atoms with E-state index in [1.165, 1.54) is 6.07 Å². The highest BCUT2D eigenvalue weighted by Gasteiger charge is 2.17. The van der Waals surface area contributed by atoms with Crippen molar-refractivity contribution in [3.63, 3.8) is 0 Å². The molecule has 0 spiro atoms. The molecule has 0 aliphatic heterocycles. The van der Waals surface area contributed by atoms with Gasteiger partial charge >= 0.3 is 6.16 Å². The predicted octanol–water partition coefficient (Wildman–Crippen LogP) is 3.66. The highest BCUT2D eigenvalue weighted by atomic mass is 19.1. The van der Waals surface area contributed by atoms with Crippen molar-refractivity contribution in [1.29, 1.82) is 0 Å². The molecule has 0 N–H and O–H groups in total. The average Bonchev–Trinajstić information content (AvgIpc) is 3.36. The molecule has 10 heteroatoms. The van der Waals surface area contributed by atoms with E-state index in [9.17, 15) is 9.18 Å². The van der Waals surface area contributed by atoms with Gasteiger partial charge in [0.2, 0.25) is 11.8 Å². The zero-order valence-electron chi connectivity index (χ0n) is 17.2. The molecule has 0 aromatic carbocycles. The summed E-state index contributed by atoms with van der Waals surface area (Å²) in [6, 6.07) is 4.60. The monoisotopic (exact) mass is 424 g/mol. The minimum absolute atomic E-state index is 0.141. The maximum Gasteiger partial charge on any atom is 0.515 e. The lowest BCUT2D eigenvalue weighted by atomic mass is 10.1. The normalized spacial score (nSPS) is 11.1. The Morgan fingerprint density at radius 1 is 1.19 bits per heavy atom. The lowest BCUT2D eigenvalue weighted by molar-refractivity contribution is 0.103. The summed E-state index contributed by atoms with van der Waals surface area (Å²) < 4.78 is 27.1. The fourth-order valence-electron chi connectivity index (χ4n) is 3.31. The molecule has 160 valence electrons. The number of fused-ring (bicyclic) bond motifs is 1. The number of rotatable bonds is 7. The summed E-state index contributed by atoms with van der Waals surface area (Å²) >= 11 is 0. The first-order chi connectivity index (χ1) is 15.1. The number of nitrogens with zero attached hydrogens (tertiary/aromatic N) is 6. The first-order valence-electron chi connectivity index (χ1n) is 9.93. The van der Waals surface area contributed by atoms with Gasteiger partial charge in [-0.25, -0.2) is 19.7 Å². The molecule has 0 amide bonds. The highest BCUT2D eigenvalue weighted by molar-refractivity contribution is 5.64. The Balaban J connectivity index is 1.69. The maximum absolute atomic E-state index is 13.6. The molecular weight excluding hydrogens is 403 g/mol. The van der Waals surface area contributed by atoms with E-state index in [4.69, 9.17) is 9.47 Å². The van der Waals surface area contributed by atoms with Crippen LogP contribution in [0, 0.1) is 5.95 Å². The quantitative estimate of drug-likeness (QED) is 0.330. The smallest absolute Gasteiger partial charge is 0.434 e. The van der Waals surface area contributed by atoms with Gasteiger partial charge in [-0.1, -0.05) is 19.4 Å². The van der Waals surface area contributed by atoms with Crippen LogP contribution < -0.4 is 4.74 Å². The van der Waals surface area contributed by atoms with Gasteiger partial charge in [-0.2, -0.15) is 9.37 Å². The van der Waals surface area contributed by atoms with E-state index in [0.717, 1.165) is 24.1 Å². The molecule has 0 radical (unpaired) electrons. The van der Waals surface area contributed by atoms with Crippen molar-refractivity contribution >= 4 is 11.8 Å². The maximum atomic E-state index is 13.6. The average molecular weight is 424 g/mol. The van der Waals surface area contributed by atoms with Crippen LogP contribution in [-0.4, -0.2) is 41.7 Å². The summed E-state index contributed by atoms with van der Waals surface area (Å²) in [6.07, 6.45) is 7.43. The molecule has 0 unspecified atom stereocenters. The molecule has 0 saturated heterocycles. The number of hydrogen-bond donors (Lipinski definition) is 0. The lowest BCUT2D eigenvalue weighted by Gasteiger charge is -2.12. The zero-order chi connectivity index (χ0) is 21.8. The van der Waals surface area contributed by atoms with Crippen LogP contribution in [0.5, 0.6) is 5.88 Å². The number of carbonyl (C=O) groups is 1. The van der Waals surface area contributed by atoms with Crippen molar-refractivity contribution in [2.24, 2.45) is 0 Å². The molecule has 0 aliphatic rings. The lowest BCUT2D eigenvalue weighted by Crippen LogP contribution is -2.10. The van der Waals surface area contributed by atoms with Crippen molar-refractivity contribution in [3.8, 4) is 17.4 Å². The Kier molecular flexibility index (Phi) is 5.87. The number of aromatic nitrogens is 6. The van der Waals surface area contributed by atoms with Crippen molar-refractivity contribution in [2.75, 3.05) is 6.61 Å². The van der Waals surface area contributed by atoms with Gasteiger partial charge in [0.25, 0.3) is 0 Å². The van der Waals surface area contributed by atoms with Crippen LogP contribution in [0.25, 0.3) is 17.2 Å². The van der Waals surface area contributed by atoms with Crippen LogP contribution in [0.1, 0.15) is 31.5 Å². The molecule has 0 bridgehead atoms. The third-order valence-corrected chi connectivity index (χ3v) is 4.60. The van der Waals surface area contributed by atoms with E-state index >= 15 is 0 Å². The molecule has 31 heavy (non-hydrogen) atoms. The number of pyridine rings is 1. The molecular formula is C21H21FN6O3. The number of halogens is 1. The van der Waals surface area contributed by atoms with Gasteiger partial charge in [0.15, 0.2) is 5.82 Å². The molecule has 9 nitrogen and oxygen atoms in total. The van der Waals surface area contributed by atoms with Crippen molar-refractivity contribution in [2.45, 2.75) is 33.2 Å². The summed E-state index contributed by atoms with van der Waals surface area (Å²) in [4.78, 5) is 28.9. The second kappa shape index (κ2) is 8.90. The first kappa shape index (κ1) is 20.5. The molecule has 4 heterocycles. The SMILES string of the molecule is CCCc1c(Cn2ccnc2-c2cccc(F)n2)ncn2cc(OC(=O)OCC)nc12. The van der Waals surface area contributed by atoms with E-state index in [0.29, 0.717) is 23.7 Å². The molecule has 4 aromatic rings. The van der Waals surface area contributed by atoms with Gasteiger partial charge in [0.05, 0.1) is 25.0 Å². The summed E-state index contributed by atoms with van der Waals surface area (Å²) in [5.41, 5.74) is 2.81. The second-order valence-corrected chi connectivity index (χ2v) is 6.74. The Morgan fingerprint density at radius 3 is 2.84 bits per heavy atom. The summed E-state index contributed by atoms with van der Waals surface area (Å²) in [5.74, 6) is 0.116. The van der Waals surface area contributed by atoms with E-state index in [1.54, 1.807) is 48.4 Å². The Bertz CT molecular complexity index is 1220. The summed E-state index contributed by atoms with van der Waals surface area (Å²) in [7, 11) is 0. The first-order valence-corrected chi connectivity index (χ1v) is 9.93. The molecule has 0 fully saturated rings. The van der Waals surface area contributed by atoms with Crippen LogP contribution in [0.15, 0.2) is 43.1 Å². The number of imidazole rings is 2. The number of ether oxygens (including phenoxy) is 2. The third kappa shape index (κ3) is 4.37. The second-order valence-electron chi connectivity index (χ2n) is 6.74. The predicted molar refractivity (Wildman–Crippen MR) is 109 cm³/mol. The minimum atomic E-state index is -0.804. The van der Waals surface area contributed by atoms with Gasteiger partial charge in [0, 0.05) is 18.0 Å². The molecule has 0 aliphatic carbocycles. The van der Waals surface area contributed by atoms with Gasteiger partial charge in [-0.3, -0.25) is 4.40 Å². The van der Waals surface area contributed by atoms with Crippen LogP contribution in [-0.2, 0) is 17.7 Å². The summed E-state index contributed by atoms with van der Waals surface area (Å²) in [6.45, 7) is 4.38. The molecule has 0 saturated carbocycles. The number of carbonyl (C=O) groups excluding carboxylic acids is 1. The molecule has 0 atom stereocenters. The van der Waals surface area contributed by atoms with Crippen LogP contribution in [0.4, 0.5) is 9.18 Å². The Morgan fingerprint density at radius 2 is 2.06 bits per heavy atom. The minimum Gasteiger partial charge on any atom is -0.434 e. The van der Waals surface area contributed by atoms with Crippen LogP contribution >= 0.6 is 0 Å². The van der Waals surface area contributed by atoms with Gasteiger partial charge in [-0.15, -0.1) is 0 Å². The topological polar surface area (TPSA) is 96.4 Å². The number of hydrogen-bond acceptors (Lipinski definition) is 7. The molecule has 4 aromatic heterocycles. The van der Waals surface area contributed by atoms with Crippen LogP contribution in [0.3, 0.4) is 0 Å². The standard InChI is InChI=1S/C21H21FN6O3/c1-3-6-14-16(11-27-10-9-23-20(27)15-7-5-8-17(22)25-15)24-13-28-12-18(26-19(14)28)31-21(29)30-4-2/h5,7-10,12-13H,3-4,6,11H2,1-2H3. The van der Waals surface area contributed by atoms with Crippen LogP contribution in [0.2, 0.25) is 0 Å². The largest absolute Gasteiger partial charge is 0.515 e. The third-order valence-electron chi connectivity index (χ3n) is 4.60. The van der Waals surface area contributed by atoms with Gasteiger partial charge in [-0.05, 0) is 25.5 Å². The Hall–Kier alpha value is -3.82. The fourth-order valence-corrected chi connectivity index (χ4v) is 3.31. The van der Waals surface area contributed by atoms with Crippen molar-refractivity contribution < 1.29 is 18.7 Å². The van der Waals surface area contributed by atoms with Gasteiger partial charge < -0.3 is 14.0 Å². The van der Waals surface area contributed by atoms with Crippen molar-refractivity contribution in [3.05, 3.63) is 60.3 Å². The zero-order valence-corrected chi connectivity index (χ0v) is 17.2. The fraction of sp³-hybridized carbons (Fsp3) is 0.286. The van der Waals surface area contributed by atoms with E-state index in [-0.39, 0.29) is 12.5 Å². The summed E-state index contributed by atoms with van der Waals surface area (Å²) in [5, 5.41) is 0. The van der Waals surface area contributed by atoms with E-state index in [1.807, 2.05) is 4.57 Å². The Labute approximate surface area is 177 Å². The van der Waals surface area contributed by atoms with Gasteiger partial charge in [0.1, 0.15) is 17.7 Å². The molecule has 4 rings (SSSR count). The van der Waals surface area contributed by atoms with E-state index < -0.39 is 12.1 Å².